The predicted octanol–water partition coefficient (Wildman–Crippen LogP) is 3.88. The predicted molar refractivity (Wildman–Crippen MR) is 86.5 cm³/mol. The first-order chi connectivity index (χ1) is 10.3. The van der Waals surface area contributed by atoms with Crippen LogP contribution in [0.5, 0.6) is 0 Å². The lowest BCUT2D eigenvalue weighted by Crippen LogP contribution is -2.26. The quantitative estimate of drug-likeness (QED) is 0.843. The second kappa shape index (κ2) is 6.72. The van der Waals surface area contributed by atoms with Gasteiger partial charge in [0.05, 0.1) is 11.9 Å². The molecule has 1 aromatic carbocycles. The normalized spacial score (nSPS) is 19.6. The second-order valence-corrected chi connectivity index (χ2v) is 5.83. The van der Waals surface area contributed by atoms with E-state index in [1.807, 2.05) is 29.1 Å². The highest BCUT2D eigenvalue weighted by Gasteiger charge is 2.13. The third-order valence-electron chi connectivity index (χ3n) is 4.21. The summed E-state index contributed by atoms with van der Waals surface area (Å²) in [5.74, 6) is 0.779. The molecule has 0 saturated carbocycles. The average molecular weight is 281 g/mol. The molecule has 2 atom stereocenters. The first-order valence-corrected chi connectivity index (χ1v) is 7.81. The monoisotopic (exact) mass is 281 g/mol. The molecular formula is C18H23N3. The van der Waals surface area contributed by atoms with Gasteiger partial charge in [-0.25, -0.2) is 4.68 Å². The summed E-state index contributed by atoms with van der Waals surface area (Å²) >= 11 is 0. The number of aromatic nitrogens is 2. The fourth-order valence-electron chi connectivity index (χ4n) is 2.79. The van der Waals surface area contributed by atoms with Crippen LogP contribution in [0.4, 0.5) is 0 Å². The molecule has 0 bridgehead atoms. The highest BCUT2D eigenvalue weighted by Crippen LogP contribution is 2.19. The number of nitrogens with one attached hydrogen (secondary N) is 1. The molecule has 0 saturated heterocycles. The van der Waals surface area contributed by atoms with Gasteiger partial charge in [0.2, 0.25) is 0 Å². The van der Waals surface area contributed by atoms with Gasteiger partial charge in [-0.3, -0.25) is 0 Å². The van der Waals surface area contributed by atoms with Crippen LogP contribution in [0.25, 0.3) is 5.69 Å². The lowest BCUT2D eigenvalue weighted by molar-refractivity contribution is 0.415. The third-order valence-corrected chi connectivity index (χ3v) is 4.21. The lowest BCUT2D eigenvalue weighted by atomic mass is 9.94. The molecule has 1 aliphatic rings. The minimum atomic E-state index is 0.341. The maximum Gasteiger partial charge on any atom is 0.0645 e. The molecule has 0 aliphatic heterocycles. The van der Waals surface area contributed by atoms with Crippen LogP contribution < -0.4 is 5.32 Å². The van der Waals surface area contributed by atoms with Gasteiger partial charge in [0.15, 0.2) is 0 Å². The SMILES string of the molecule is CC(NCC1CC=CCC1)c1cnn(-c2ccccc2)c1. The van der Waals surface area contributed by atoms with Gasteiger partial charge in [0.1, 0.15) is 0 Å². The van der Waals surface area contributed by atoms with E-state index in [0.717, 1.165) is 18.2 Å². The highest BCUT2D eigenvalue weighted by atomic mass is 15.3. The number of nitrogens with zero attached hydrogens (tertiary/aromatic N) is 2. The van der Waals surface area contributed by atoms with Crippen molar-refractivity contribution in [3.8, 4) is 5.69 Å². The Morgan fingerprint density at radius 2 is 2.14 bits per heavy atom. The standard InChI is InChI=1S/C18H23N3/c1-15(19-12-16-8-4-2-5-9-16)17-13-20-21(14-17)18-10-6-3-7-11-18/h2-4,6-7,10-11,13-16,19H,5,8-9,12H2,1H3. The minimum Gasteiger partial charge on any atom is -0.310 e. The Morgan fingerprint density at radius 3 is 2.90 bits per heavy atom. The summed E-state index contributed by atoms with van der Waals surface area (Å²) in [6.45, 7) is 3.30. The van der Waals surface area contributed by atoms with E-state index in [0.29, 0.717) is 6.04 Å². The van der Waals surface area contributed by atoms with E-state index in [1.54, 1.807) is 0 Å². The van der Waals surface area contributed by atoms with E-state index in [-0.39, 0.29) is 0 Å². The summed E-state index contributed by atoms with van der Waals surface area (Å²) in [5.41, 5.74) is 2.35. The van der Waals surface area contributed by atoms with Crippen molar-refractivity contribution in [3.05, 3.63) is 60.4 Å². The summed E-state index contributed by atoms with van der Waals surface area (Å²) in [4.78, 5) is 0. The van der Waals surface area contributed by atoms with E-state index < -0.39 is 0 Å². The van der Waals surface area contributed by atoms with Crippen molar-refractivity contribution in [2.75, 3.05) is 6.54 Å². The molecule has 0 amide bonds. The maximum atomic E-state index is 4.47. The Bertz CT molecular complexity index is 586. The molecule has 1 N–H and O–H groups in total. The summed E-state index contributed by atoms with van der Waals surface area (Å²) in [6, 6.07) is 10.6. The molecular weight excluding hydrogens is 258 g/mol. The zero-order chi connectivity index (χ0) is 14.5. The van der Waals surface area contributed by atoms with Gasteiger partial charge in [-0.2, -0.15) is 5.10 Å². The topological polar surface area (TPSA) is 29.9 Å². The Morgan fingerprint density at radius 1 is 1.29 bits per heavy atom. The number of allylic oxidation sites excluding steroid dienone is 2. The molecule has 0 fully saturated rings. The van der Waals surface area contributed by atoms with E-state index in [9.17, 15) is 0 Å². The smallest absolute Gasteiger partial charge is 0.0645 e. The van der Waals surface area contributed by atoms with Crippen LogP contribution in [0.15, 0.2) is 54.9 Å². The van der Waals surface area contributed by atoms with Crippen molar-refractivity contribution < 1.29 is 0 Å². The first kappa shape index (κ1) is 14.1. The molecule has 21 heavy (non-hydrogen) atoms. The van der Waals surface area contributed by atoms with Gasteiger partial charge < -0.3 is 5.32 Å². The zero-order valence-corrected chi connectivity index (χ0v) is 12.6. The fraction of sp³-hybridized carbons (Fsp3) is 0.389. The number of rotatable bonds is 5. The molecule has 3 heteroatoms. The van der Waals surface area contributed by atoms with Crippen LogP contribution in [-0.2, 0) is 0 Å². The highest BCUT2D eigenvalue weighted by molar-refractivity contribution is 5.31. The number of hydrogen-bond acceptors (Lipinski definition) is 2. The summed E-state index contributed by atoms with van der Waals surface area (Å²) < 4.78 is 1.94. The van der Waals surface area contributed by atoms with E-state index in [4.69, 9.17) is 0 Å². The van der Waals surface area contributed by atoms with Crippen molar-refractivity contribution in [1.82, 2.24) is 15.1 Å². The molecule has 0 spiro atoms. The van der Waals surface area contributed by atoms with E-state index in [1.165, 1.54) is 24.8 Å². The van der Waals surface area contributed by atoms with Crippen LogP contribution in [0.3, 0.4) is 0 Å². The van der Waals surface area contributed by atoms with E-state index >= 15 is 0 Å². The van der Waals surface area contributed by atoms with Crippen molar-refractivity contribution in [2.24, 2.45) is 5.92 Å². The number of hydrogen-bond donors (Lipinski definition) is 1. The first-order valence-electron chi connectivity index (χ1n) is 7.81. The van der Waals surface area contributed by atoms with Crippen molar-refractivity contribution in [1.29, 1.82) is 0 Å². The molecule has 110 valence electrons. The van der Waals surface area contributed by atoms with Gasteiger partial charge in [-0.1, -0.05) is 30.4 Å². The van der Waals surface area contributed by atoms with Crippen molar-refractivity contribution >= 4 is 0 Å². The average Bonchev–Trinajstić information content (AvgIpc) is 3.04. The number of para-hydroxylation sites is 1. The van der Waals surface area contributed by atoms with E-state index in [2.05, 4.69) is 47.8 Å². The molecule has 1 aliphatic carbocycles. The molecule has 2 unspecified atom stereocenters. The summed E-state index contributed by atoms with van der Waals surface area (Å²) in [7, 11) is 0. The number of benzene rings is 1. The van der Waals surface area contributed by atoms with Crippen molar-refractivity contribution in [2.45, 2.75) is 32.2 Å². The Labute approximate surface area is 126 Å². The summed E-state index contributed by atoms with van der Waals surface area (Å²) in [6.07, 6.45) is 12.4. The minimum absolute atomic E-state index is 0.341. The fourth-order valence-corrected chi connectivity index (χ4v) is 2.79. The third kappa shape index (κ3) is 3.61. The van der Waals surface area contributed by atoms with Crippen LogP contribution in [0.2, 0.25) is 0 Å². The lowest BCUT2D eigenvalue weighted by Gasteiger charge is -2.20. The van der Waals surface area contributed by atoms with Crippen LogP contribution in [-0.4, -0.2) is 16.3 Å². The zero-order valence-electron chi connectivity index (χ0n) is 12.6. The molecule has 3 nitrogen and oxygen atoms in total. The Hall–Kier alpha value is -1.87. The maximum absolute atomic E-state index is 4.47. The van der Waals surface area contributed by atoms with Gasteiger partial charge >= 0.3 is 0 Å². The molecule has 1 aromatic heterocycles. The van der Waals surface area contributed by atoms with Crippen molar-refractivity contribution in [3.63, 3.8) is 0 Å². The molecule has 2 aromatic rings. The Kier molecular flexibility index (Phi) is 4.51. The molecule has 3 rings (SSSR count). The molecule has 1 heterocycles. The van der Waals surface area contributed by atoms with Gasteiger partial charge in [0.25, 0.3) is 0 Å². The second-order valence-electron chi connectivity index (χ2n) is 5.83. The van der Waals surface area contributed by atoms with Crippen LogP contribution in [0, 0.1) is 5.92 Å². The van der Waals surface area contributed by atoms with Crippen LogP contribution >= 0.6 is 0 Å². The Balaban J connectivity index is 1.59. The van der Waals surface area contributed by atoms with Gasteiger partial charge in [-0.05, 0) is 50.8 Å². The summed E-state index contributed by atoms with van der Waals surface area (Å²) in [5, 5.41) is 8.11. The van der Waals surface area contributed by atoms with Crippen LogP contribution in [0.1, 0.15) is 37.8 Å². The molecule has 0 radical (unpaired) electrons. The van der Waals surface area contributed by atoms with Gasteiger partial charge in [0, 0.05) is 17.8 Å². The largest absolute Gasteiger partial charge is 0.310 e. The van der Waals surface area contributed by atoms with Gasteiger partial charge in [-0.15, -0.1) is 0 Å².